The molecule has 1 aromatic carbocycles. The highest BCUT2D eigenvalue weighted by Gasteiger charge is 2.35. The van der Waals surface area contributed by atoms with Crippen molar-refractivity contribution in [3.8, 4) is 0 Å². The number of fused-ring (bicyclic) bond motifs is 1. The van der Waals surface area contributed by atoms with Gasteiger partial charge in [-0.3, -0.25) is 10.1 Å². The van der Waals surface area contributed by atoms with Crippen LogP contribution in [-0.4, -0.2) is 35.6 Å². The van der Waals surface area contributed by atoms with Gasteiger partial charge in [-0.2, -0.15) is 0 Å². The lowest BCUT2D eigenvalue weighted by Crippen LogP contribution is -2.47. The predicted octanol–water partition coefficient (Wildman–Crippen LogP) is -0.303. The Morgan fingerprint density at radius 2 is 2.05 bits per heavy atom. The molecule has 1 atom stereocenters. The number of carbonyl (C=O) groups is 3. The second-order valence-corrected chi connectivity index (χ2v) is 4.23. The van der Waals surface area contributed by atoms with Gasteiger partial charge in [-0.1, -0.05) is 18.2 Å². The number of imide groups is 1. The van der Waals surface area contributed by atoms with Crippen molar-refractivity contribution in [3.05, 3.63) is 29.8 Å². The first-order valence-electron chi connectivity index (χ1n) is 5.65. The molecule has 0 fully saturated rings. The van der Waals surface area contributed by atoms with Crippen LogP contribution in [0.1, 0.15) is 5.56 Å². The molecule has 0 saturated carbocycles. The first-order chi connectivity index (χ1) is 8.99. The first-order valence-corrected chi connectivity index (χ1v) is 5.65. The summed E-state index contributed by atoms with van der Waals surface area (Å²) in [5.41, 5.74) is 6.40. The van der Waals surface area contributed by atoms with Crippen LogP contribution in [0.2, 0.25) is 0 Å². The van der Waals surface area contributed by atoms with Gasteiger partial charge in [0, 0.05) is 12.1 Å². The number of carbonyl (C=O) groups excluding carboxylic acids is 2. The largest absolute Gasteiger partial charge is 0.480 e. The number of nitrogens with one attached hydrogen (secondary N) is 1. The van der Waals surface area contributed by atoms with E-state index in [9.17, 15) is 19.5 Å². The number of nitrogens with zero attached hydrogens (tertiary/aromatic N) is 1. The Kier molecular flexibility index (Phi) is 3.37. The maximum Gasteiger partial charge on any atom is 0.326 e. The molecular weight excluding hydrogens is 250 g/mol. The highest BCUT2D eigenvalue weighted by molar-refractivity contribution is 5.97. The highest BCUT2D eigenvalue weighted by atomic mass is 16.4. The van der Waals surface area contributed by atoms with Crippen molar-refractivity contribution in [1.82, 2.24) is 5.32 Å². The van der Waals surface area contributed by atoms with Gasteiger partial charge < -0.3 is 15.7 Å². The predicted molar refractivity (Wildman–Crippen MR) is 66.6 cm³/mol. The number of rotatable bonds is 3. The first kappa shape index (κ1) is 12.9. The molecule has 100 valence electrons. The second kappa shape index (κ2) is 4.97. The van der Waals surface area contributed by atoms with E-state index in [4.69, 9.17) is 5.73 Å². The number of nitrogens with two attached hydrogens (primary N) is 1. The average Bonchev–Trinajstić information content (AvgIpc) is 2.67. The number of amides is 3. The lowest BCUT2D eigenvalue weighted by molar-refractivity contribution is -0.138. The Labute approximate surface area is 109 Å². The fourth-order valence-corrected chi connectivity index (χ4v) is 2.20. The SMILES string of the molecule is NC(=O)NC(=O)CN1c2ccccc2CC1C(=O)O. The van der Waals surface area contributed by atoms with Crippen molar-refractivity contribution in [3.63, 3.8) is 0 Å². The summed E-state index contributed by atoms with van der Waals surface area (Å²) in [6.07, 6.45) is 0.329. The molecule has 1 aliphatic heterocycles. The van der Waals surface area contributed by atoms with E-state index >= 15 is 0 Å². The topological polar surface area (TPSA) is 113 Å². The molecule has 0 saturated heterocycles. The number of urea groups is 1. The number of hydrogen-bond donors (Lipinski definition) is 3. The zero-order valence-electron chi connectivity index (χ0n) is 10.00. The molecule has 1 aromatic rings. The van der Waals surface area contributed by atoms with Gasteiger partial charge in [0.2, 0.25) is 5.91 Å². The van der Waals surface area contributed by atoms with E-state index in [0.29, 0.717) is 12.1 Å². The van der Waals surface area contributed by atoms with E-state index in [1.807, 2.05) is 17.4 Å². The van der Waals surface area contributed by atoms with Crippen molar-refractivity contribution in [1.29, 1.82) is 0 Å². The van der Waals surface area contributed by atoms with Crippen LogP contribution in [0.15, 0.2) is 24.3 Å². The van der Waals surface area contributed by atoms with E-state index in [1.54, 1.807) is 12.1 Å². The Balaban J connectivity index is 2.22. The van der Waals surface area contributed by atoms with Crippen LogP contribution >= 0.6 is 0 Å². The van der Waals surface area contributed by atoms with Crippen LogP contribution in [0.3, 0.4) is 0 Å². The number of hydrogen-bond acceptors (Lipinski definition) is 4. The Hall–Kier alpha value is -2.57. The summed E-state index contributed by atoms with van der Waals surface area (Å²) in [7, 11) is 0. The second-order valence-electron chi connectivity index (χ2n) is 4.23. The van der Waals surface area contributed by atoms with Gasteiger partial charge in [-0.25, -0.2) is 9.59 Å². The van der Waals surface area contributed by atoms with Crippen molar-refractivity contribution in [2.24, 2.45) is 5.73 Å². The molecule has 1 aliphatic rings. The summed E-state index contributed by atoms with van der Waals surface area (Å²) in [4.78, 5) is 34.8. The molecule has 0 radical (unpaired) electrons. The minimum Gasteiger partial charge on any atom is -0.480 e. The molecule has 19 heavy (non-hydrogen) atoms. The summed E-state index contributed by atoms with van der Waals surface area (Å²) in [5, 5.41) is 11.1. The third kappa shape index (κ3) is 2.65. The Morgan fingerprint density at radius 1 is 1.37 bits per heavy atom. The van der Waals surface area contributed by atoms with Crippen LogP contribution in [-0.2, 0) is 16.0 Å². The summed E-state index contributed by atoms with van der Waals surface area (Å²) in [5.74, 6) is -1.64. The van der Waals surface area contributed by atoms with Gasteiger partial charge in [0.15, 0.2) is 0 Å². The fraction of sp³-hybridized carbons (Fsp3) is 0.250. The van der Waals surface area contributed by atoms with Crippen LogP contribution in [0.4, 0.5) is 10.5 Å². The molecule has 0 bridgehead atoms. The van der Waals surface area contributed by atoms with E-state index in [-0.39, 0.29) is 6.54 Å². The van der Waals surface area contributed by atoms with Gasteiger partial charge in [0.25, 0.3) is 0 Å². The molecule has 2 rings (SSSR count). The molecule has 7 heteroatoms. The summed E-state index contributed by atoms with van der Waals surface area (Å²) in [6.45, 7) is -0.225. The molecule has 3 amide bonds. The van der Waals surface area contributed by atoms with Crippen molar-refractivity contribution in [2.45, 2.75) is 12.5 Å². The third-order valence-electron chi connectivity index (χ3n) is 2.95. The Bertz CT molecular complexity index is 544. The fourth-order valence-electron chi connectivity index (χ4n) is 2.20. The number of aliphatic carboxylic acids is 1. The normalized spacial score (nSPS) is 16.8. The van der Waals surface area contributed by atoms with E-state index in [1.165, 1.54) is 4.90 Å². The number of primary amides is 1. The van der Waals surface area contributed by atoms with E-state index < -0.39 is 23.9 Å². The van der Waals surface area contributed by atoms with Crippen LogP contribution in [0, 0.1) is 0 Å². The minimum absolute atomic E-state index is 0.225. The Morgan fingerprint density at radius 3 is 2.68 bits per heavy atom. The minimum atomic E-state index is -1.01. The molecular formula is C12H13N3O4. The molecule has 7 nitrogen and oxygen atoms in total. The third-order valence-corrected chi connectivity index (χ3v) is 2.95. The monoisotopic (exact) mass is 263 g/mol. The molecule has 0 spiro atoms. The summed E-state index contributed by atoms with van der Waals surface area (Å²) >= 11 is 0. The molecule has 1 heterocycles. The van der Waals surface area contributed by atoms with E-state index in [0.717, 1.165) is 5.56 Å². The number of para-hydroxylation sites is 1. The van der Waals surface area contributed by atoms with Gasteiger partial charge in [0.1, 0.15) is 6.04 Å². The molecule has 0 aromatic heterocycles. The van der Waals surface area contributed by atoms with Crippen LogP contribution in [0.25, 0.3) is 0 Å². The van der Waals surface area contributed by atoms with Crippen molar-refractivity contribution in [2.75, 3.05) is 11.4 Å². The lowest BCUT2D eigenvalue weighted by Gasteiger charge is -2.23. The standard InChI is InChI=1S/C12H13N3O4/c13-12(19)14-10(16)6-15-8-4-2-1-3-7(8)5-9(15)11(17)18/h1-4,9H,5-6H2,(H,17,18)(H3,13,14,16,19). The maximum atomic E-state index is 11.5. The van der Waals surface area contributed by atoms with Crippen LogP contribution < -0.4 is 16.0 Å². The molecule has 4 N–H and O–H groups in total. The van der Waals surface area contributed by atoms with Gasteiger partial charge >= 0.3 is 12.0 Å². The van der Waals surface area contributed by atoms with Gasteiger partial charge in [-0.15, -0.1) is 0 Å². The van der Waals surface area contributed by atoms with E-state index in [2.05, 4.69) is 0 Å². The average molecular weight is 263 g/mol. The highest BCUT2D eigenvalue weighted by Crippen LogP contribution is 2.31. The van der Waals surface area contributed by atoms with Crippen molar-refractivity contribution < 1.29 is 19.5 Å². The van der Waals surface area contributed by atoms with Crippen LogP contribution in [0.5, 0.6) is 0 Å². The summed E-state index contributed by atoms with van der Waals surface area (Å²) in [6, 6.07) is 5.38. The smallest absolute Gasteiger partial charge is 0.326 e. The molecule has 0 aliphatic carbocycles. The van der Waals surface area contributed by atoms with Gasteiger partial charge in [-0.05, 0) is 11.6 Å². The van der Waals surface area contributed by atoms with Crippen molar-refractivity contribution >= 4 is 23.6 Å². The number of anilines is 1. The zero-order valence-corrected chi connectivity index (χ0v) is 10.00. The van der Waals surface area contributed by atoms with Gasteiger partial charge in [0.05, 0.1) is 6.54 Å². The summed E-state index contributed by atoms with van der Waals surface area (Å²) < 4.78 is 0. The quantitative estimate of drug-likeness (QED) is 0.692. The number of carboxylic acid groups (broad SMARTS) is 1. The number of carboxylic acids is 1. The number of benzene rings is 1. The zero-order chi connectivity index (χ0) is 14.0. The lowest BCUT2D eigenvalue weighted by atomic mass is 10.1. The molecule has 1 unspecified atom stereocenters. The maximum absolute atomic E-state index is 11.5.